The van der Waals surface area contributed by atoms with Gasteiger partial charge in [-0.3, -0.25) is 4.79 Å². The summed E-state index contributed by atoms with van der Waals surface area (Å²) >= 11 is 0. The van der Waals surface area contributed by atoms with E-state index in [0.717, 1.165) is 6.54 Å². The number of amides is 1. The van der Waals surface area contributed by atoms with Crippen LogP contribution >= 0.6 is 0 Å². The molecule has 2 N–H and O–H groups in total. The number of carbonyl (C=O) groups is 1. The second-order valence-electron chi connectivity index (χ2n) is 5.09. The number of aryl methyl sites for hydroxylation is 1. The highest BCUT2D eigenvalue weighted by atomic mass is 16.1. The Morgan fingerprint density at radius 1 is 1.39 bits per heavy atom. The molecule has 1 amide bonds. The summed E-state index contributed by atoms with van der Waals surface area (Å²) in [7, 11) is 1.87. The minimum atomic E-state index is 0.143. The van der Waals surface area contributed by atoms with Crippen molar-refractivity contribution >= 4 is 5.91 Å². The summed E-state index contributed by atoms with van der Waals surface area (Å²) in [6, 6.07) is 8.56. The third-order valence-corrected chi connectivity index (χ3v) is 3.54. The zero-order valence-corrected chi connectivity index (χ0v) is 11.2. The highest BCUT2D eigenvalue weighted by Gasteiger charge is 2.33. The highest BCUT2D eigenvalue weighted by Crippen LogP contribution is 2.41. The van der Waals surface area contributed by atoms with Crippen LogP contribution < -0.4 is 10.6 Å². The van der Waals surface area contributed by atoms with Crippen LogP contribution in [0.3, 0.4) is 0 Å². The Kier molecular flexibility index (Phi) is 4.37. The smallest absolute Gasteiger partial charge is 0.221 e. The molecule has 0 radical (unpaired) electrons. The van der Waals surface area contributed by atoms with E-state index in [4.69, 9.17) is 0 Å². The molecule has 18 heavy (non-hydrogen) atoms. The summed E-state index contributed by atoms with van der Waals surface area (Å²) in [4.78, 5) is 11.9. The SMILES string of the molecule is CNCCC(=O)NC(c1ccccc1C)C1CC1. The number of rotatable bonds is 6. The van der Waals surface area contributed by atoms with Crippen LogP contribution in [0.25, 0.3) is 0 Å². The van der Waals surface area contributed by atoms with Gasteiger partial charge in [-0.25, -0.2) is 0 Å². The van der Waals surface area contributed by atoms with Crippen LogP contribution in [-0.2, 0) is 4.79 Å². The molecule has 1 aliphatic rings. The molecule has 1 saturated carbocycles. The van der Waals surface area contributed by atoms with E-state index in [1.165, 1.54) is 24.0 Å². The molecule has 3 nitrogen and oxygen atoms in total. The van der Waals surface area contributed by atoms with E-state index in [-0.39, 0.29) is 11.9 Å². The molecular weight excluding hydrogens is 224 g/mol. The molecule has 1 atom stereocenters. The fourth-order valence-electron chi connectivity index (χ4n) is 2.30. The van der Waals surface area contributed by atoms with Crippen molar-refractivity contribution in [2.45, 2.75) is 32.2 Å². The predicted octanol–water partition coefficient (Wildman–Crippen LogP) is 2.17. The van der Waals surface area contributed by atoms with E-state index in [9.17, 15) is 4.79 Å². The summed E-state index contributed by atoms with van der Waals surface area (Å²) in [5.74, 6) is 0.772. The Bertz CT molecular complexity index is 413. The van der Waals surface area contributed by atoms with Crippen LogP contribution in [0.2, 0.25) is 0 Å². The largest absolute Gasteiger partial charge is 0.349 e. The molecule has 98 valence electrons. The second kappa shape index (κ2) is 6.01. The van der Waals surface area contributed by atoms with Gasteiger partial charge in [0, 0.05) is 13.0 Å². The number of benzene rings is 1. The molecule has 1 aliphatic carbocycles. The van der Waals surface area contributed by atoms with E-state index in [1.54, 1.807) is 0 Å². The first kappa shape index (κ1) is 13.1. The first-order valence-corrected chi connectivity index (χ1v) is 6.72. The van der Waals surface area contributed by atoms with Crippen molar-refractivity contribution in [3.63, 3.8) is 0 Å². The first-order valence-electron chi connectivity index (χ1n) is 6.72. The average molecular weight is 246 g/mol. The molecule has 0 aliphatic heterocycles. The van der Waals surface area contributed by atoms with E-state index < -0.39 is 0 Å². The number of carbonyl (C=O) groups excluding carboxylic acids is 1. The Balaban J connectivity index is 2.05. The van der Waals surface area contributed by atoms with Crippen LogP contribution in [0.1, 0.15) is 36.4 Å². The zero-order valence-electron chi connectivity index (χ0n) is 11.2. The average Bonchev–Trinajstić information content (AvgIpc) is 3.19. The summed E-state index contributed by atoms with van der Waals surface area (Å²) in [6.07, 6.45) is 3.00. The van der Waals surface area contributed by atoms with Crippen LogP contribution in [-0.4, -0.2) is 19.5 Å². The van der Waals surface area contributed by atoms with Crippen molar-refractivity contribution in [3.8, 4) is 0 Å². The lowest BCUT2D eigenvalue weighted by Crippen LogP contribution is -2.32. The van der Waals surface area contributed by atoms with Gasteiger partial charge in [-0.05, 0) is 43.9 Å². The monoisotopic (exact) mass is 246 g/mol. The van der Waals surface area contributed by atoms with E-state index >= 15 is 0 Å². The van der Waals surface area contributed by atoms with E-state index in [0.29, 0.717) is 12.3 Å². The lowest BCUT2D eigenvalue weighted by Gasteiger charge is -2.20. The van der Waals surface area contributed by atoms with Crippen molar-refractivity contribution in [2.75, 3.05) is 13.6 Å². The quantitative estimate of drug-likeness (QED) is 0.807. The minimum Gasteiger partial charge on any atom is -0.349 e. The van der Waals surface area contributed by atoms with Gasteiger partial charge in [0.05, 0.1) is 6.04 Å². The van der Waals surface area contributed by atoms with E-state index in [2.05, 4.69) is 35.8 Å². The fraction of sp³-hybridized carbons (Fsp3) is 0.533. The maximum atomic E-state index is 11.9. The number of hydrogen-bond acceptors (Lipinski definition) is 2. The van der Waals surface area contributed by atoms with Gasteiger partial charge in [-0.1, -0.05) is 24.3 Å². The van der Waals surface area contributed by atoms with Gasteiger partial charge in [0.1, 0.15) is 0 Å². The molecule has 0 aromatic heterocycles. The maximum absolute atomic E-state index is 11.9. The standard InChI is InChI=1S/C15H22N2O/c1-11-5-3-4-6-13(11)15(12-7-8-12)17-14(18)9-10-16-2/h3-6,12,15-16H,7-10H2,1-2H3,(H,17,18). The van der Waals surface area contributed by atoms with Crippen molar-refractivity contribution in [1.29, 1.82) is 0 Å². The molecule has 1 fully saturated rings. The van der Waals surface area contributed by atoms with Gasteiger partial charge in [0.25, 0.3) is 0 Å². The second-order valence-corrected chi connectivity index (χ2v) is 5.09. The fourth-order valence-corrected chi connectivity index (χ4v) is 2.30. The van der Waals surface area contributed by atoms with Crippen LogP contribution in [0.4, 0.5) is 0 Å². The van der Waals surface area contributed by atoms with Crippen molar-refractivity contribution in [2.24, 2.45) is 5.92 Å². The zero-order chi connectivity index (χ0) is 13.0. The van der Waals surface area contributed by atoms with Crippen molar-refractivity contribution < 1.29 is 4.79 Å². The van der Waals surface area contributed by atoms with Gasteiger partial charge in [-0.15, -0.1) is 0 Å². The number of nitrogens with one attached hydrogen (secondary N) is 2. The summed E-state index contributed by atoms with van der Waals surface area (Å²) in [6.45, 7) is 2.85. The number of hydrogen-bond donors (Lipinski definition) is 2. The van der Waals surface area contributed by atoms with Crippen molar-refractivity contribution in [3.05, 3.63) is 35.4 Å². The molecule has 0 bridgehead atoms. The van der Waals surface area contributed by atoms with Crippen LogP contribution in [0.15, 0.2) is 24.3 Å². The Hall–Kier alpha value is -1.35. The highest BCUT2D eigenvalue weighted by molar-refractivity contribution is 5.76. The molecular formula is C15H22N2O. The Labute approximate surface area is 109 Å². The molecule has 2 rings (SSSR count). The lowest BCUT2D eigenvalue weighted by molar-refractivity contribution is -0.121. The molecule has 1 unspecified atom stereocenters. The summed E-state index contributed by atoms with van der Waals surface area (Å²) < 4.78 is 0. The predicted molar refractivity (Wildman–Crippen MR) is 73.3 cm³/mol. The Morgan fingerprint density at radius 2 is 2.11 bits per heavy atom. The molecule has 0 saturated heterocycles. The van der Waals surface area contributed by atoms with Crippen LogP contribution in [0.5, 0.6) is 0 Å². The van der Waals surface area contributed by atoms with Gasteiger partial charge in [-0.2, -0.15) is 0 Å². The molecule has 0 heterocycles. The molecule has 1 aromatic carbocycles. The molecule has 3 heteroatoms. The van der Waals surface area contributed by atoms with Gasteiger partial charge >= 0.3 is 0 Å². The normalized spacial score (nSPS) is 16.3. The maximum Gasteiger partial charge on any atom is 0.221 e. The van der Waals surface area contributed by atoms with Gasteiger partial charge < -0.3 is 10.6 Å². The van der Waals surface area contributed by atoms with Crippen molar-refractivity contribution in [1.82, 2.24) is 10.6 Å². The van der Waals surface area contributed by atoms with Gasteiger partial charge in [0.15, 0.2) is 0 Å². The molecule has 0 spiro atoms. The molecule has 1 aromatic rings. The van der Waals surface area contributed by atoms with Crippen LogP contribution in [0, 0.1) is 12.8 Å². The van der Waals surface area contributed by atoms with E-state index in [1.807, 2.05) is 13.1 Å². The lowest BCUT2D eigenvalue weighted by atomic mass is 9.97. The first-order chi connectivity index (χ1) is 8.72. The third kappa shape index (κ3) is 3.33. The summed E-state index contributed by atoms with van der Waals surface area (Å²) in [5.41, 5.74) is 2.54. The Morgan fingerprint density at radius 3 is 2.72 bits per heavy atom. The third-order valence-electron chi connectivity index (χ3n) is 3.54. The topological polar surface area (TPSA) is 41.1 Å². The minimum absolute atomic E-state index is 0.143. The summed E-state index contributed by atoms with van der Waals surface area (Å²) in [5, 5.41) is 6.20. The van der Waals surface area contributed by atoms with Gasteiger partial charge in [0.2, 0.25) is 5.91 Å².